The number of hydrogen-bond donors (Lipinski definition) is 0. The smallest absolute Gasteiger partial charge is 0.312 e. The molecule has 2 rings (SSSR count). The molecule has 0 aromatic carbocycles. The lowest BCUT2D eigenvalue weighted by molar-refractivity contribution is -0.384. The van der Waals surface area contributed by atoms with Gasteiger partial charge in [0.1, 0.15) is 0 Å². The average molecular weight is 330 g/mol. The summed E-state index contributed by atoms with van der Waals surface area (Å²) < 4.78 is 5.24. The van der Waals surface area contributed by atoms with Crippen LogP contribution in [0.1, 0.15) is 6.42 Å². The number of methoxy groups -OCH3 is 1. The van der Waals surface area contributed by atoms with E-state index in [1.54, 1.807) is 4.90 Å². The lowest BCUT2D eigenvalue weighted by Crippen LogP contribution is -2.25. The quantitative estimate of drug-likeness (QED) is 0.477. The Morgan fingerprint density at radius 1 is 1.68 bits per heavy atom. The molecule has 0 N–H and O–H groups in total. The minimum absolute atomic E-state index is 0.0695. The van der Waals surface area contributed by atoms with Gasteiger partial charge in [0.05, 0.1) is 18.0 Å². The average Bonchev–Trinajstić information content (AvgIpc) is 2.87. The van der Waals surface area contributed by atoms with Crippen LogP contribution >= 0.6 is 15.9 Å². The lowest BCUT2D eigenvalue weighted by atomic mass is 10.1. The molecule has 102 valence electrons. The molecule has 1 aromatic heterocycles. The van der Waals surface area contributed by atoms with Gasteiger partial charge in [-0.15, -0.1) is 0 Å². The maximum atomic E-state index is 11.5. The van der Waals surface area contributed by atoms with Gasteiger partial charge in [0.15, 0.2) is 0 Å². The van der Waals surface area contributed by atoms with Gasteiger partial charge < -0.3 is 9.64 Å². The Morgan fingerprint density at radius 3 is 3.05 bits per heavy atom. The highest BCUT2D eigenvalue weighted by atomic mass is 79.9. The molecule has 0 spiro atoms. The second-order valence-corrected chi connectivity index (χ2v) is 5.12. The fourth-order valence-electron chi connectivity index (χ4n) is 2.11. The van der Waals surface area contributed by atoms with Gasteiger partial charge in [-0.2, -0.15) is 0 Å². The summed E-state index contributed by atoms with van der Waals surface area (Å²) >= 11 is 3.16. The molecule has 0 saturated carbocycles. The highest BCUT2D eigenvalue weighted by molar-refractivity contribution is 9.10. The second kappa shape index (κ2) is 5.52. The van der Waals surface area contributed by atoms with Crippen LogP contribution in [0.25, 0.3) is 0 Å². The van der Waals surface area contributed by atoms with Crippen LogP contribution in [0, 0.1) is 16.0 Å². The zero-order valence-corrected chi connectivity index (χ0v) is 11.8. The van der Waals surface area contributed by atoms with Gasteiger partial charge in [0, 0.05) is 29.8 Å². The zero-order valence-electron chi connectivity index (χ0n) is 10.2. The Hall–Kier alpha value is -1.70. The van der Waals surface area contributed by atoms with Gasteiger partial charge in [0.25, 0.3) is 0 Å². The van der Waals surface area contributed by atoms with Crippen molar-refractivity contribution < 1.29 is 14.5 Å². The maximum Gasteiger partial charge on any atom is 0.312 e. The topological polar surface area (TPSA) is 85.6 Å². The lowest BCUT2D eigenvalue weighted by Gasteiger charge is -2.16. The van der Waals surface area contributed by atoms with Crippen LogP contribution in [0.4, 0.5) is 11.5 Å². The van der Waals surface area contributed by atoms with E-state index in [0.717, 1.165) is 0 Å². The van der Waals surface area contributed by atoms with E-state index in [9.17, 15) is 14.9 Å². The fourth-order valence-corrected chi connectivity index (χ4v) is 2.43. The summed E-state index contributed by atoms with van der Waals surface area (Å²) in [4.78, 5) is 27.8. The summed E-state index contributed by atoms with van der Waals surface area (Å²) in [5.41, 5.74) is -0.0695. The predicted octanol–water partition coefficient (Wildman–Crippen LogP) is 1.75. The maximum absolute atomic E-state index is 11.5. The number of hydrogen-bond acceptors (Lipinski definition) is 6. The van der Waals surface area contributed by atoms with Crippen LogP contribution in [0.15, 0.2) is 16.7 Å². The SMILES string of the molecule is COC(=O)C1CCN(c2ncc(Br)cc2[N+](=O)[O-])C1. The molecule has 1 aromatic rings. The third-order valence-electron chi connectivity index (χ3n) is 3.03. The van der Waals surface area contributed by atoms with Crippen molar-refractivity contribution in [3.8, 4) is 0 Å². The first kappa shape index (κ1) is 13.7. The molecule has 7 nitrogen and oxygen atoms in total. The van der Waals surface area contributed by atoms with Crippen LogP contribution < -0.4 is 4.90 Å². The van der Waals surface area contributed by atoms with Gasteiger partial charge in [-0.25, -0.2) is 4.98 Å². The van der Waals surface area contributed by atoms with Crippen LogP contribution in [0.5, 0.6) is 0 Å². The summed E-state index contributed by atoms with van der Waals surface area (Å²) in [6.07, 6.45) is 2.12. The predicted molar refractivity (Wildman–Crippen MR) is 70.9 cm³/mol. The zero-order chi connectivity index (χ0) is 14.0. The number of nitro groups is 1. The number of anilines is 1. The van der Waals surface area contributed by atoms with Gasteiger partial charge in [-0.05, 0) is 22.4 Å². The van der Waals surface area contributed by atoms with Crippen molar-refractivity contribution in [3.63, 3.8) is 0 Å². The molecule has 0 bridgehead atoms. The van der Waals surface area contributed by atoms with E-state index >= 15 is 0 Å². The number of esters is 1. The minimum atomic E-state index is -0.474. The number of carbonyl (C=O) groups excluding carboxylic acids is 1. The van der Waals surface area contributed by atoms with E-state index in [4.69, 9.17) is 0 Å². The van der Waals surface area contributed by atoms with E-state index in [1.807, 2.05) is 0 Å². The van der Waals surface area contributed by atoms with Crippen molar-refractivity contribution >= 4 is 33.4 Å². The van der Waals surface area contributed by atoms with Gasteiger partial charge >= 0.3 is 11.7 Å². The molecule has 1 fully saturated rings. The van der Waals surface area contributed by atoms with Crippen LogP contribution in [0.2, 0.25) is 0 Å². The normalized spacial score (nSPS) is 18.4. The van der Waals surface area contributed by atoms with Crippen molar-refractivity contribution in [2.24, 2.45) is 5.92 Å². The van der Waals surface area contributed by atoms with Crippen molar-refractivity contribution in [2.45, 2.75) is 6.42 Å². The first-order chi connectivity index (χ1) is 9.02. The van der Waals surface area contributed by atoms with Crippen molar-refractivity contribution in [2.75, 3.05) is 25.1 Å². The molecule has 1 saturated heterocycles. The molecule has 2 heterocycles. The van der Waals surface area contributed by atoms with Crippen molar-refractivity contribution in [1.82, 2.24) is 4.98 Å². The molecule has 1 aliphatic heterocycles. The van der Waals surface area contributed by atoms with Crippen LogP contribution in [0.3, 0.4) is 0 Å². The van der Waals surface area contributed by atoms with E-state index in [2.05, 4.69) is 25.7 Å². The van der Waals surface area contributed by atoms with Crippen LogP contribution in [-0.4, -0.2) is 36.1 Å². The molecule has 0 aliphatic carbocycles. The Kier molecular flexibility index (Phi) is 3.98. The van der Waals surface area contributed by atoms with E-state index in [1.165, 1.54) is 19.4 Å². The summed E-state index contributed by atoms with van der Waals surface area (Å²) in [5, 5.41) is 11.0. The first-order valence-corrected chi connectivity index (χ1v) is 6.45. The van der Waals surface area contributed by atoms with Crippen LogP contribution in [-0.2, 0) is 9.53 Å². The first-order valence-electron chi connectivity index (χ1n) is 5.65. The molecule has 1 aliphatic rings. The van der Waals surface area contributed by atoms with Gasteiger partial charge in [-0.1, -0.05) is 0 Å². The number of carbonyl (C=O) groups is 1. The minimum Gasteiger partial charge on any atom is -0.469 e. The largest absolute Gasteiger partial charge is 0.469 e. The second-order valence-electron chi connectivity index (χ2n) is 4.21. The van der Waals surface area contributed by atoms with Crippen molar-refractivity contribution in [1.29, 1.82) is 0 Å². The standard InChI is InChI=1S/C11H12BrN3O4/c1-19-11(16)7-2-3-14(6-7)10-9(15(17)18)4-8(12)5-13-10/h4-5,7H,2-3,6H2,1H3. The van der Waals surface area contributed by atoms with E-state index in [-0.39, 0.29) is 17.6 Å². The Bertz CT molecular complexity index is 523. The Morgan fingerprint density at radius 2 is 2.42 bits per heavy atom. The Balaban J connectivity index is 2.24. The molecule has 0 amide bonds. The highest BCUT2D eigenvalue weighted by Gasteiger charge is 2.33. The molecule has 19 heavy (non-hydrogen) atoms. The number of aromatic nitrogens is 1. The number of pyridine rings is 1. The number of rotatable bonds is 3. The van der Waals surface area contributed by atoms with E-state index < -0.39 is 4.92 Å². The number of nitrogens with zero attached hydrogens (tertiary/aromatic N) is 3. The molecule has 1 unspecified atom stereocenters. The Labute approximate surface area is 117 Å². The number of halogens is 1. The van der Waals surface area contributed by atoms with E-state index in [0.29, 0.717) is 29.8 Å². The third-order valence-corrected chi connectivity index (χ3v) is 3.47. The summed E-state index contributed by atoms with van der Waals surface area (Å²) in [6.45, 7) is 0.942. The monoisotopic (exact) mass is 329 g/mol. The highest BCUT2D eigenvalue weighted by Crippen LogP contribution is 2.32. The third kappa shape index (κ3) is 2.83. The molecule has 8 heteroatoms. The molecule has 1 atom stereocenters. The van der Waals surface area contributed by atoms with Gasteiger partial charge in [-0.3, -0.25) is 14.9 Å². The number of ether oxygens (including phenoxy) is 1. The van der Waals surface area contributed by atoms with Gasteiger partial charge in [0.2, 0.25) is 5.82 Å². The molecular weight excluding hydrogens is 318 g/mol. The van der Waals surface area contributed by atoms with Crippen molar-refractivity contribution in [3.05, 3.63) is 26.9 Å². The summed E-state index contributed by atoms with van der Waals surface area (Å²) in [6, 6.07) is 1.41. The fraction of sp³-hybridized carbons (Fsp3) is 0.455. The summed E-state index contributed by atoms with van der Waals surface area (Å²) in [5.74, 6) is -0.253. The summed E-state index contributed by atoms with van der Waals surface area (Å²) in [7, 11) is 1.34. The molecular formula is C11H12BrN3O4. The molecule has 0 radical (unpaired) electrons.